The summed E-state index contributed by atoms with van der Waals surface area (Å²) in [6.07, 6.45) is 3.49. The van der Waals surface area contributed by atoms with E-state index in [-0.39, 0.29) is 6.04 Å². The second kappa shape index (κ2) is 6.29. The molecule has 0 bridgehead atoms. The predicted octanol–water partition coefficient (Wildman–Crippen LogP) is 3.25. The van der Waals surface area contributed by atoms with Crippen LogP contribution in [0.5, 0.6) is 11.6 Å². The Labute approximate surface area is 113 Å². The molecule has 0 radical (unpaired) electrons. The molecule has 19 heavy (non-hydrogen) atoms. The molecule has 100 valence electrons. The summed E-state index contributed by atoms with van der Waals surface area (Å²) in [6, 6.07) is 7.91. The van der Waals surface area contributed by atoms with Crippen molar-refractivity contribution in [2.75, 3.05) is 6.54 Å². The summed E-state index contributed by atoms with van der Waals surface area (Å²) in [5.41, 5.74) is 1.91. The van der Waals surface area contributed by atoms with E-state index in [4.69, 9.17) is 4.74 Å². The molecule has 1 N–H and O–H groups in total. The quantitative estimate of drug-likeness (QED) is 0.893. The van der Waals surface area contributed by atoms with E-state index in [9.17, 15) is 0 Å². The Hall–Kier alpha value is -1.94. The Balaban J connectivity index is 2.28. The van der Waals surface area contributed by atoms with Crippen LogP contribution in [0, 0.1) is 6.92 Å². The molecule has 0 fully saturated rings. The van der Waals surface area contributed by atoms with Gasteiger partial charge < -0.3 is 10.1 Å². The number of ether oxygens (including phenoxy) is 1. The summed E-state index contributed by atoms with van der Waals surface area (Å²) in [4.78, 5) is 8.55. The van der Waals surface area contributed by atoms with E-state index in [0.29, 0.717) is 5.88 Å². The summed E-state index contributed by atoms with van der Waals surface area (Å²) in [5.74, 6) is 1.37. The molecular formula is C15H19N3O. The third kappa shape index (κ3) is 3.29. The van der Waals surface area contributed by atoms with Crippen molar-refractivity contribution in [3.8, 4) is 11.6 Å². The number of hydrogen-bond acceptors (Lipinski definition) is 4. The van der Waals surface area contributed by atoms with Gasteiger partial charge in [0.2, 0.25) is 5.88 Å². The monoisotopic (exact) mass is 257 g/mol. The van der Waals surface area contributed by atoms with Crippen LogP contribution in [0.2, 0.25) is 0 Å². The van der Waals surface area contributed by atoms with Gasteiger partial charge in [-0.3, -0.25) is 4.98 Å². The van der Waals surface area contributed by atoms with Gasteiger partial charge in [0.15, 0.2) is 5.75 Å². The van der Waals surface area contributed by atoms with E-state index in [2.05, 4.69) is 29.1 Å². The van der Waals surface area contributed by atoms with Gasteiger partial charge in [-0.2, -0.15) is 0 Å². The maximum Gasteiger partial charge on any atom is 0.224 e. The van der Waals surface area contributed by atoms with Crippen molar-refractivity contribution in [1.82, 2.24) is 15.3 Å². The van der Waals surface area contributed by atoms with Crippen molar-refractivity contribution >= 4 is 0 Å². The van der Waals surface area contributed by atoms with Crippen LogP contribution in [0.3, 0.4) is 0 Å². The van der Waals surface area contributed by atoms with E-state index in [1.165, 1.54) is 0 Å². The Morgan fingerprint density at radius 2 is 1.95 bits per heavy atom. The van der Waals surface area contributed by atoms with Crippen LogP contribution >= 0.6 is 0 Å². The Morgan fingerprint density at radius 3 is 2.68 bits per heavy atom. The average molecular weight is 257 g/mol. The largest absolute Gasteiger partial charge is 0.437 e. The predicted molar refractivity (Wildman–Crippen MR) is 75.4 cm³/mol. The third-order valence-corrected chi connectivity index (χ3v) is 2.94. The molecule has 0 aliphatic rings. The molecule has 0 aliphatic heterocycles. The first kappa shape index (κ1) is 13.5. The van der Waals surface area contributed by atoms with Crippen LogP contribution in [0.15, 0.2) is 36.7 Å². The molecule has 0 saturated heterocycles. The minimum Gasteiger partial charge on any atom is -0.437 e. The Morgan fingerprint density at radius 1 is 1.21 bits per heavy atom. The fraction of sp³-hybridized carbons (Fsp3) is 0.333. The molecule has 2 aromatic heterocycles. The highest BCUT2D eigenvalue weighted by atomic mass is 16.5. The number of aryl methyl sites for hydroxylation is 1. The van der Waals surface area contributed by atoms with Crippen LogP contribution in [0.4, 0.5) is 0 Å². The second-order valence-corrected chi connectivity index (χ2v) is 4.37. The zero-order valence-corrected chi connectivity index (χ0v) is 11.6. The zero-order valence-electron chi connectivity index (χ0n) is 11.6. The van der Waals surface area contributed by atoms with Crippen molar-refractivity contribution in [2.24, 2.45) is 0 Å². The van der Waals surface area contributed by atoms with Crippen LogP contribution in [0.25, 0.3) is 0 Å². The number of rotatable bonds is 5. The number of nitrogens with one attached hydrogen (secondary N) is 1. The SMILES string of the molecule is CCNC(C)c1cccnc1Oc1cccnc1C. The molecule has 2 rings (SSSR count). The van der Waals surface area contributed by atoms with E-state index in [1.54, 1.807) is 12.4 Å². The van der Waals surface area contributed by atoms with Crippen molar-refractivity contribution in [3.63, 3.8) is 0 Å². The third-order valence-electron chi connectivity index (χ3n) is 2.94. The molecule has 0 aromatic carbocycles. The topological polar surface area (TPSA) is 47.0 Å². The van der Waals surface area contributed by atoms with Gasteiger partial charge in [-0.05, 0) is 38.6 Å². The fourth-order valence-electron chi connectivity index (χ4n) is 1.92. The van der Waals surface area contributed by atoms with Gasteiger partial charge in [0.25, 0.3) is 0 Å². The number of pyridine rings is 2. The summed E-state index contributed by atoms with van der Waals surface area (Å²) < 4.78 is 5.89. The molecule has 0 amide bonds. The lowest BCUT2D eigenvalue weighted by molar-refractivity contribution is 0.439. The maximum absolute atomic E-state index is 5.89. The fourth-order valence-corrected chi connectivity index (χ4v) is 1.92. The van der Waals surface area contributed by atoms with Gasteiger partial charge in [0.1, 0.15) is 0 Å². The normalized spacial score (nSPS) is 12.2. The highest BCUT2D eigenvalue weighted by molar-refractivity contribution is 5.35. The standard InChI is InChI=1S/C15H19N3O/c1-4-16-11(2)13-7-5-10-18-15(13)19-14-8-6-9-17-12(14)3/h5-11,16H,4H2,1-3H3. The molecule has 4 heteroatoms. The minimum absolute atomic E-state index is 0.200. The second-order valence-electron chi connectivity index (χ2n) is 4.37. The maximum atomic E-state index is 5.89. The molecule has 1 atom stereocenters. The lowest BCUT2D eigenvalue weighted by Gasteiger charge is -2.16. The van der Waals surface area contributed by atoms with Crippen molar-refractivity contribution in [3.05, 3.63) is 47.9 Å². The smallest absolute Gasteiger partial charge is 0.224 e. The van der Waals surface area contributed by atoms with E-state index in [1.807, 2.05) is 31.2 Å². The van der Waals surface area contributed by atoms with E-state index < -0.39 is 0 Å². The van der Waals surface area contributed by atoms with Crippen LogP contribution in [0.1, 0.15) is 31.1 Å². The minimum atomic E-state index is 0.200. The molecule has 2 aromatic rings. The van der Waals surface area contributed by atoms with Gasteiger partial charge in [-0.1, -0.05) is 13.0 Å². The Bertz CT molecular complexity index is 542. The van der Waals surface area contributed by atoms with Crippen LogP contribution in [-0.2, 0) is 0 Å². The van der Waals surface area contributed by atoms with E-state index in [0.717, 1.165) is 23.6 Å². The highest BCUT2D eigenvalue weighted by Gasteiger charge is 2.13. The molecule has 1 unspecified atom stereocenters. The first-order valence-corrected chi connectivity index (χ1v) is 6.50. The number of hydrogen-bond donors (Lipinski definition) is 1. The molecule has 0 saturated carbocycles. The van der Waals surface area contributed by atoms with Gasteiger partial charge in [0, 0.05) is 24.0 Å². The van der Waals surface area contributed by atoms with Gasteiger partial charge in [-0.25, -0.2) is 4.98 Å². The van der Waals surface area contributed by atoms with Crippen LogP contribution in [-0.4, -0.2) is 16.5 Å². The van der Waals surface area contributed by atoms with Crippen molar-refractivity contribution in [1.29, 1.82) is 0 Å². The highest BCUT2D eigenvalue weighted by Crippen LogP contribution is 2.28. The van der Waals surface area contributed by atoms with Crippen molar-refractivity contribution < 1.29 is 4.74 Å². The zero-order chi connectivity index (χ0) is 13.7. The summed E-state index contributed by atoms with van der Waals surface area (Å²) in [5, 5.41) is 3.37. The summed E-state index contributed by atoms with van der Waals surface area (Å²) in [7, 11) is 0. The Kier molecular flexibility index (Phi) is 4.47. The summed E-state index contributed by atoms with van der Waals surface area (Å²) >= 11 is 0. The molecule has 2 heterocycles. The number of aromatic nitrogens is 2. The van der Waals surface area contributed by atoms with Gasteiger partial charge >= 0.3 is 0 Å². The van der Waals surface area contributed by atoms with Crippen molar-refractivity contribution in [2.45, 2.75) is 26.8 Å². The van der Waals surface area contributed by atoms with Gasteiger partial charge in [0.05, 0.1) is 5.69 Å². The molecular weight excluding hydrogens is 238 g/mol. The molecule has 4 nitrogen and oxygen atoms in total. The van der Waals surface area contributed by atoms with E-state index >= 15 is 0 Å². The lowest BCUT2D eigenvalue weighted by atomic mass is 10.1. The molecule has 0 aliphatic carbocycles. The first-order chi connectivity index (χ1) is 9.22. The first-order valence-electron chi connectivity index (χ1n) is 6.50. The summed E-state index contributed by atoms with van der Waals surface area (Å²) in [6.45, 7) is 7.01. The van der Waals surface area contributed by atoms with Gasteiger partial charge in [-0.15, -0.1) is 0 Å². The number of nitrogens with zero attached hydrogens (tertiary/aromatic N) is 2. The molecule has 0 spiro atoms. The lowest BCUT2D eigenvalue weighted by Crippen LogP contribution is -2.18. The average Bonchev–Trinajstić information content (AvgIpc) is 2.42. The van der Waals surface area contributed by atoms with Crippen LogP contribution < -0.4 is 10.1 Å².